The van der Waals surface area contributed by atoms with E-state index in [4.69, 9.17) is 5.11 Å². The van der Waals surface area contributed by atoms with E-state index in [-0.39, 0.29) is 5.75 Å². The van der Waals surface area contributed by atoms with Gasteiger partial charge < -0.3 is 10.4 Å². The number of carboxylic acids is 1. The molecule has 8 heteroatoms. The zero-order valence-corrected chi connectivity index (χ0v) is 12.6. The second kappa shape index (κ2) is 7.19. The minimum absolute atomic E-state index is 0.127. The second-order valence-electron chi connectivity index (χ2n) is 4.41. The van der Waals surface area contributed by atoms with Crippen molar-refractivity contribution in [2.24, 2.45) is 0 Å². The fourth-order valence-electron chi connectivity index (χ4n) is 1.66. The average Bonchev–Trinajstić information content (AvgIpc) is 2.45. The van der Waals surface area contributed by atoms with Crippen molar-refractivity contribution in [1.82, 2.24) is 9.62 Å². The lowest BCUT2D eigenvalue weighted by atomic mass is 10.1. The Kier molecular flexibility index (Phi) is 5.86. The molecule has 0 spiro atoms. The molecule has 0 radical (unpaired) electrons. The normalized spacial score (nSPS) is 12.9. The molecule has 0 saturated carbocycles. The third-order valence-corrected chi connectivity index (χ3v) is 4.70. The Hall–Kier alpha value is -1.93. The standard InChI is InChI=1S/C13H18N2O5S/c1-3-21(19,20)15(2)9-11(16)14-12(13(17)18)10-7-5-4-6-8-10/h4-8,12H,3,9H2,1-2H3,(H,14,16)(H,17,18)/t12-/m1/s1. The van der Waals surface area contributed by atoms with E-state index in [1.807, 2.05) is 0 Å². The molecule has 7 nitrogen and oxygen atoms in total. The summed E-state index contributed by atoms with van der Waals surface area (Å²) in [5.74, 6) is -2.01. The van der Waals surface area contributed by atoms with Crippen molar-refractivity contribution in [3.63, 3.8) is 0 Å². The van der Waals surface area contributed by atoms with Crippen LogP contribution in [0.15, 0.2) is 30.3 Å². The highest BCUT2D eigenvalue weighted by atomic mass is 32.2. The van der Waals surface area contributed by atoms with Crippen LogP contribution in [-0.2, 0) is 19.6 Å². The quantitative estimate of drug-likeness (QED) is 0.749. The lowest BCUT2D eigenvalue weighted by Crippen LogP contribution is -2.42. The number of nitrogens with zero attached hydrogens (tertiary/aromatic N) is 1. The first-order valence-corrected chi connectivity index (χ1v) is 7.90. The largest absolute Gasteiger partial charge is 0.479 e. The molecule has 1 aromatic carbocycles. The van der Waals surface area contributed by atoms with Gasteiger partial charge in [-0.1, -0.05) is 30.3 Å². The fraction of sp³-hybridized carbons (Fsp3) is 0.385. The summed E-state index contributed by atoms with van der Waals surface area (Å²) in [6.45, 7) is 1.04. The maximum Gasteiger partial charge on any atom is 0.330 e. The summed E-state index contributed by atoms with van der Waals surface area (Å²) in [6.07, 6.45) is 0. The molecular formula is C13H18N2O5S. The van der Waals surface area contributed by atoms with Gasteiger partial charge in [0.1, 0.15) is 0 Å². The molecule has 2 N–H and O–H groups in total. The van der Waals surface area contributed by atoms with E-state index in [1.54, 1.807) is 30.3 Å². The third kappa shape index (κ3) is 4.83. The van der Waals surface area contributed by atoms with Gasteiger partial charge in [0.25, 0.3) is 0 Å². The van der Waals surface area contributed by atoms with Crippen molar-refractivity contribution in [1.29, 1.82) is 0 Å². The molecule has 0 aromatic heterocycles. The van der Waals surface area contributed by atoms with Crippen molar-refractivity contribution in [2.75, 3.05) is 19.3 Å². The Balaban J connectivity index is 2.78. The molecule has 0 unspecified atom stereocenters. The number of hydrogen-bond acceptors (Lipinski definition) is 4. The van der Waals surface area contributed by atoms with Crippen molar-refractivity contribution < 1.29 is 23.1 Å². The van der Waals surface area contributed by atoms with Crippen LogP contribution in [-0.4, -0.2) is 49.1 Å². The second-order valence-corrected chi connectivity index (χ2v) is 6.77. The number of carbonyl (C=O) groups excluding carboxylic acids is 1. The van der Waals surface area contributed by atoms with Crippen LogP contribution in [0.5, 0.6) is 0 Å². The van der Waals surface area contributed by atoms with Crippen LogP contribution in [0.4, 0.5) is 0 Å². The van der Waals surface area contributed by atoms with Gasteiger partial charge in [-0.05, 0) is 12.5 Å². The van der Waals surface area contributed by atoms with Crippen molar-refractivity contribution in [3.8, 4) is 0 Å². The van der Waals surface area contributed by atoms with Crippen LogP contribution in [0.25, 0.3) is 0 Å². The van der Waals surface area contributed by atoms with E-state index >= 15 is 0 Å². The fourth-order valence-corrected chi connectivity index (χ4v) is 2.42. The first-order valence-electron chi connectivity index (χ1n) is 6.29. The number of rotatable bonds is 7. The van der Waals surface area contributed by atoms with Gasteiger partial charge in [-0.25, -0.2) is 13.2 Å². The molecule has 116 valence electrons. The summed E-state index contributed by atoms with van der Waals surface area (Å²) >= 11 is 0. The van der Waals surface area contributed by atoms with E-state index in [2.05, 4.69) is 5.32 Å². The zero-order valence-electron chi connectivity index (χ0n) is 11.8. The van der Waals surface area contributed by atoms with Gasteiger partial charge in [-0.15, -0.1) is 0 Å². The highest BCUT2D eigenvalue weighted by Gasteiger charge is 2.24. The van der Waals surface area contributed by atoms with E-state index in [1.165, 1.54) is 14.0 Å². The SMILES string of the molecule is CCS(=O)(=O)N(C)CC(=O)N[C@@H](C(=O)O)c1ccccc1. The Morgan fingerprint density at radius 1 is 1.29 bits per heavy atom. The topological polar surface area (TPSA) is 104 Å². The van der Waals surface area contributed by atoms with Gasteiger partial charge in [0.2, 0.25) is 15.9 Å². The Bertz CT molecular complexity index is 600. The van der Waals surface area contributed by atoms with E-state index in [0.29, 0.717) is 5.56 Å². The third-order valence-electron chi connectivity index (χ3n) is 2.89. The average molecular weight is 314 g/mol. The zero-order chi connectivity index (χ0) is 16.0. The molecule has 1 aromatic rings. The molecule has 0 saturated heterocycles. The number of carboxylic acid groups (broad SMARTS) is 1. The predicted molar refractivity (Wildman–Crippen MR) is 77.1 cm³/mol. The summed E-state index contributed by atoms with van der Waals surface area (Å²) in [6, 6.07) is 6.98. The van der Waals surface area contributed by atoms with Crippen LogP contribution < -0.4 is 5.32 Å². The van der Waals surface area contributed by atoms with Crippen molar-refractivity contribution >= 4 is 21.9 Å². The monoisotopic (exact) mass is 314 g/mol. The summed E-state index contributed by atoms with van der Waals surface area (Å²) in [5.41, 5.74) is 0.416. The minimum atomic E-state index is -3.49. The number of amides is 1. The van der Waals surface area contributed by atoms with Gasteiger partial charge in [0, 0.05) is 7.05 Å². The molecule has 0 bridgehead atoms. The smallest absolute Gasteiger partial charge is 0.330 e. The molecule has 1 atom stereocenters. The first-order chi connectivity index (χ1) is 9.77. The molecule has 0 aliphatic carbocycles. The van der Waals surface area contributed by atoms with Crippen molar-refractivity contribution in [3.05, 3.63) is 35.9 Å². The number of sulfonamides is 1. The lowest BCUT2D eigenvalue weighted by Gasteiger charge is -2.18. The highest BCUT2D eigenvalue weighted by molar-refractivity contribution is 7.89. The summed E-state index contributed by atoms with van der Waals surface area (Å²) in [7, 11) is -2.21. The molecule has 0 heterocycles. The Morgan fingerprint density at radius 3 is 2.33 bits per heavy atom. The maximum absolute atomic E-state index is 11.8. The van der Waals surface area contributed by atoms with Gasteiger partial charge in [0.15, 0.2) is 6.04 Å². The van der Waals surface area contributed by atoms with Gasteiger partial charge in [-0.2, -0.15) is 4.31 Å². The van der Waals surface area contributed by atoms with Crippen molar-refractivity contribution in [2.45, 2.75) is 13.0 Å². The highest BCUT2D eigenvalue weighted by Crippen LogP contribution is 2.12. The summed E-state index contributed by atoms with van der Waals surface area (Å²) in [4.78, 5) is 23.1. The first kappa shape index (κ1) is 17.1. The van der Waals surface area contributed by atoms with Gasteiger partial charge in [0.05, 0.1) is 12.3 Å². The molecule has 0 aliphatic heterocycles. The number of benzene rings is 1. The summed E-state index contributed by atoms with van der Waals surface area (Å²) < 4.78 is 24.0. The number of hydrogen-bond donors (Lipinski definition) is 2. The Labute approximate surface area is 123 Å². The Morgan fingerprint density at radius 2 is 1.86 bits per heavy atom. The molecule has 0 fully saturated rings. The molecule has 0 aliphatic rings. The van der Waals surface area contributed by atoms with E-state index in [9.17, 15) is 18.0 Å². The summed E-state index contributed by atoms with van der Waals surface area (Å²) in [5, 5.41) is 11.5. The molecule has 1 rings (SSSR count). The maximum atomic E-state index is 11.8. The molecular weight excluding hydrogens is 296 g/mol. The number of likely N-dealkylation sites (N-methyl/N-ethyl adjacent to an activating group) is 1. The van der Waals surface area contributed by atoms with Crippen LogP contribution in [0, 0.1) is 0 Å². The van der Waals surface area contributed by atoms with Gasteiger partial charge >= 0.3 is 5.97 Å². The van der Waals surface area contributed by atoms with Crippen LogP contribution in [0.1, 0.15) is 18.5 Å². The predicted octanol–water partition coefficient (Wildman–Crippen LogP) is 0.210. The van der Waals surface area contributed by atoms with Crippen LogP contribution >= 0.6 is 0 Å². The number of carbonyl (C=O) groups is 2. The number of nitrogens with one attached hydrogen (secondary N) is 1. The minimum Gasteiger partial charge on any atom is -0.479 e. The van der Waals surface area contributed by atoms with E-state index in [0.717, 1.165) is 4.31 Å². The lowest BCUT2D eigenvalue weighted by molar-refractivity contribution is -0.142. The van der Waals surface area contributed by atoms with Crippen LogP contribution in [0.2, 0.25) is 0 Å². The molecule has 21 heavy (non-hydrogen) atoms. The number of aliphatic carboxylic acids is 1. The van der Waals surface area contributed by atoms with Gasteiger partial charge in [-0.3, -0.25) is 4.79 Å². The molecule has 1 amide bonds. The van der Waals surface area contributed by atoms with Crippen LogP contribution in [0.3, 0.4) is 0 Å². The van der Waals surface area contributed by atoms with E-state index < -0.39 is 34.5 Å².